The van der Waals surface area contributed by atoms with E-state index in [1.54, 1.807) is 4.90 Å². The molecule has 1 aromatic carbocycles. The van der Waals surface area contributed by atoms with E-state index >= 15 is 0 Å². The average molecular weight is 383 g/mol. The lowest BCUT2D eigenvalue weighted by Gasteiger charge is -2.28. The number of amides is 2. The molecule has 0 saturated heterocycles. The highest BCUT2D eigenvalue weighted by molar-refractivity contribution is 5.86. The van der Waals surface area contributed by atoms with Crippen LogP contribution in [0.1, 0.15) is 43.8 Å². The number of carbonyl (C=O) groups excluding carboxylic acids is 2. The summed E-state index contributed by atoms with van der Waals surface area (Å²) >= 11 is 0. The van der Waals surface area contributed by atoms with Gasteiger partial charge in [-0.2, -0.15) is 0 Å². The lowest BCUT2D eigenvalue weighted by Crippen LogP contribution is -2.45. The molecule has 0 radical (unpaired) electrons. The molecule has 5 nitrogen and oxygen atoms in total. The summed E-state index contributed by atoms with van der Waals surface area (Å²) < 4.78 is 5.69. The Morgan fingerprint density at radius 2 is 1.82 bits per heavy atom. The first kappa shape index (κ1) is 20.2. The molecule has 0 aliphatic heterocycles. The molecule has 150 valence electrons. The van der Waals surface area contributed by atoms with Crippen molar-refractivity contribution in [1.29, 1.82) is 0 Å². The highest BCUT2D eigenvalue weighted by Crippen LogP contribution is 2.28. The lowest BCUT2D eigenvalue weighted by molar-refractivity contribution is -0.143. The summed E-state index contributed by atoms with van der Waals surface area (Å²) in [5, 5.41) is 0. The van der Waals surface area contributed by atoms with Crippen molar-refractivity contribution < 1.29 is 14.0 Å². The zero-order valence-electron chi connectivity index (χ0n) is 17.1. The van der Waals surface area contributed by atoms with Crippen LogP contribution in [-0.4, -0.2) is 40.7 Å². The molecular weight excluding hydrogens is 352 g/mol. The van der Waals surface area contributed by atoms with Crippen LogP contribution in [0.3, 0.4) is 0 Å². The molecule has 0 unspecified atom stereocenters. The fourth-order valence-electron chi connectivity index (χ4n) is 3.31. The van der Waals surface area contributed by atoms with Crippen LogP contribution in [0.5, 0.6) is 0 Å². The van der Waals surface area contributed by atoms with Crippen molar-refractivity contribution in [2.75, 3.05) is 13.1 Å². The van der Waals surface area contributed by atoms with Crippen LogP contribution >= 0.6 is 0 Å². The van der Waals surface area contributed by atoms with E-state index < -0.39 is 0 Å². The van der Waals surface area contributed by atoms with Crippen LogP contribution in [0, 0.1) is 12.8 Å². The molecule has 1 fully saturated rings. The Morgan fingerprint density at radius 1 is 1.11 bits per heavy atom. The minimum absolute atomic E-state index is 0.0223. The Bertz CT molecular complexity index is 793. The van der Waals surface area contributed by atoms with E-state index in [4.69, 9.17) is 4.42 Å². The number of benzene rings is 1. The summed E-state index contributed by atoms with van der Waals surface area (Å²) in [5.41, 5.74) is 1.19. The smallest absolute Gasteiger partial charge is 0.242 e. The van der Waals surface area contributed by atoms with Crippen LogP contribution < -0.4 is 0 Å². The molecule has 1 aliphatic rings. The molecule has 1 aliphatic carbocycles. The van der Waals surface area contributed by atoms with Gasteiger partial charge in [0.05, 0.1) is 6.54 Å². The highest BCUT2D eigenvalue weighted by atomic mass is 16.3. The summed E-state index contributed by atoms with van der Waals surface area (Å²) in [6.07, 6.45) is 2.76. The molecule has 1 saturated carbocycles. The monoisotopic (exact) mass is 382 g/mol. The molecule has 28 heavy (non-hydrogen) atoms. The predicted molar refractivity (Wildman–Crippen MR) is 109 cm³/mol. The molecule has 1 aromatic heterocycles. The number of carbonyl (C=O) groups is 2. The van der Waals surface area contributed by atoms with Gasteiger partial charge in [0, 0.05) is 18.5 Å². The Morgan fingerprint density at radius 3 is 2.39 bits per heavy atom. The molecule has 2 amide bonds. The normalized spacial score (nSPS) is 13.6. The van der Waals surface area contributed by atoms with Gasteiger partial charge in [-0.3, -0.25) is 9.59 Å². The van der Waals surface area contributed by atoms with Crippen molar-refractivity contribution in [2.45, 2.75) is 52.6 Å². The molecule has 3 rings (SSSR count). The Labute approximate surface area is 167 Å². The van der Waals surface area contributed by atoms with Gasteiger partial charge in [0.15, 0.2) is 0 Å². The van der Waals surface area contributed by atoms with E-state index in [-0.39, 0.29) is 30.3 Å². The number of rotatable bonds is 9. The third kappa shape index (κ3) is 5.47. The maximum absolute atomic E-state index is 13.1. The standard InChI is InChI=1S/C23H30N2O3/c1-17(2)23(27)25(20-10-11-20)16-22(26)24(15-21-12-9-18(3)28-21)14-13-19-7-5-4-6-8-19/h4-9,12,17,20H,10-11,13-16H2,1-3H3. The van der Waals surface area contributed by atoms with Gasteiger partial charge in [-0.15, -0.1) is 0 Å². The van der Waals surface area contributed by atoms with Gasteiger partial charge in [-0.05, 0) is 43.9 Å². The third-order valence-electron chi connectivity index (χ3n) is 5.08. The van der Waals surface area contributed by atoms with Crippen molar-refractivity contribution in [3.05, 3.63) is 59.5 Å². The molecule has 5 heteroatoms. The maximum Gasteiger partial charge on any atom is 0.242 e. The second kappa shape index (κ2) is 9.09. The van der Waals surface area contributed by atoms with Gasteiger partial charge in [-0.25, -0.2) is 0 Å². The molecule has 0 N–H and O–H groups in total. The van der Waals surface area contributed by atoms with Crippen molar-refractivity contribution in [1.82, 2.24) is 9.80 Å². The topological polar surface area (TPSA) is 53.8 Å². The molecule has 0 bridgehead atoms. The number of nitrogens with zero attached hydrogens (tertiary/aromatic N) is 2. The SMILES string of the molecule is Cc1ccc(CN(CCc2ccccc2)C(=O)CN(C(=O)C(C)C)C2CC2)o1. The van der Waals surface area contributed by atoms with E-state index in [0.717, 1.165) is 30.8 Å². The minimum atomic E-state index is -0.0982. The molecule has 0 atom stereocenters. The second-order valence-corrected chi connectivity index (χ2v) is 7.92. The van der Waals surface area contributed by atoms with Crippen molar-refractivity contribution >= 4 is 11.8 Å². The van der Waals surface area contributed by atoms with Crippen molar-refractivity contribution in [3.63, 3.8) is 0 Å². The van der Waals surface area contributed by atoms with Crippen LogP contribution in [0.25, 0.3) is 0 Å². The first-order chi connectivity index (χ1) is 13.4. The predicted octanol–water partition coefficient (Wildman–Crippen LogP) is 3.81. The van der Waals surface area contributed by atoms with Gasteiger partial charge in [0.1, 0.15) is 18.1 Å². The van der Waals surface area contributed by atoms with E-state index in [1.165, 1.54) is 5.56 Å². The first-order valence-corrected chi connectivity index (χ1v) is 10.1. The Hall–Kier alpha value is -2.56. The number of aryl methyl sites for hydroxylation is 1. The van der Waals surface area contributed by atoms with Gasteiger partial charge < -0.3 is 14.2 Å². The largest absolute Gasteiger partial charge is 0.464 e. The molecule has 2 aromatic rings. The maximum atomic E-state index is 13.1. The van der Waals surface area contributed by atoms with Gasteiger partial charge >= 0.3 is 0 Å². The fourth-order valence-corrected chi connectivity index (χ4v) is 3.31. The summed E-state index contributed by atoms with van der Waals surface area (Å²) in [4.78, 5) is 29.3. The lowest BCUT2D eigenvalue weighted by atomic mass is 10.1. The van der Waals surface area contributed by atoms with E-state index in [2.05, 4.69) is 12.1 Å². The number of hydrogen-bond donors (Lipinski definition) is 0. The van der Waals surface area contributed by atoms with Gasteiger partial charge in [-0.1, -0.05) is 44.2 Å². The second-order valence-electron chi connectivity index (χ2n) is 7.92. The van der Waals surface area contributed by atoms with E-state index in [0.29, 0.717) is 13.1 Å². The number of hydrogen-bond acceptors (Lipinski definition) is 3. The summed E-state index contributed by atoms with van der Waals surface area (Å²) in [5.74, 6) is 1.55. The van der Waals surface area contributed by atoms with Gasteiger partial charge in [0.25, 0.3) is 0 Å². The van der Waals surface area contributed by atoms with E-state index in [9.17, 15) is 9.59 Å². The molecule has 0 spiro atoms. The molecular formula is C23H30N2O3. The summed E-state index contributed by atoms with van der Waals surface area (Å²) in [6, 6.07) is 14.2. The number of furan rings is 1. The van der Waals surface area contributed by atoms with Crippen molar-refractivity contribution in [3.8, 4) is 0 Å². The summed E-state index contributed by atoms with van der Waals surface area (Å²) in [7, 11) is 0. The Kier molecular flexibility index (Phi) is 6.55. The van der Waals surface area contributed by atoms with E-state index in [1.807, 2.05) is 56.0 Å². The molecule has 1 heterocycles. The highest BCUT2D eigenvalue weighted by Gasteiger charge is 2.35. The van der Waals surface area contributed by atoms with Crippen LogP contribution in [0.15, 0.2) is 46.9 Å². The summed E-state index contributed by atoms with van der Waals surface area (Å²) in [6.45, 7) is 6.85. The first-order valence-electron chi connectivity index (χ1n) is 10.1. The quantitative estimate of drug-likeness (QED) is 0.663. The Balaban J connectivity index is 1.70. The zero-order chi connectivity index (χ0) is 20.1. The van der Waals surface area contributed by atoms with Crippen LogP contribution in [0.4, 0.5) is 0 Å². The third-order valence-corrected chi connectivity index (χ3v) is 5.08. The zero-order valence-corrected chi connectivity index (χ0v) is 17.1. The average Bonchev–Trinajstić information content (AvgIpc) is 3.44. The fraction of sp³-hybridized carbons (Fsp3) is 0.478. The van der Waals surface area contributed by atoms with Crippen molar-refractivity contribution in [2.24, 2.45) is 5.92 Å². The van der Waals surface area contributed by atoms with Crippen LogP contribution in [0.2, 0.25) is 0 Å². The minimum Gasteiger partial charge on any atom is -0.464 e. The van der Waals surface area contributed by atoms with Gasteiger partial charge in [0.2, 0.25) is 11.8 Å². The van der Waals surface area contributed by atoms with Crippen LogP contribution in [-0.2, 0) is 22.6 Å².